The first-order chi connectivity index (χ1) is 10.3. The molecule has 2 fully saturated rings. The molecule has 3 nitrogen and oxygen atoms in total. The average Bonchev–Trinajstić information content (AvgIpc) is 2.48. The first-order valence-electron chi connectivity index (χ1n) is 8.34. The molecule has 0 radical (unpaired) electrons. The molecule has 1 aromatic rings. The van der Waals surface area contributed by atoms with E-state index < -0.39 is 0 Å². The van der Waals surface area contributed by atoms with Gasteiger partial charge in [-0.25, -0.2) is 0 Å². The fourth-order valence-electron chi connectivity index (χ4n) is 3.61. The van der Waals surface area contributed by atoms with Crippen molar-refractivity contribution < 1.29 is 4.79 Å². The summed E-state index contributed by atoms with van der Waals surface area (Å²) in [6, 6.07) is 10.9. The summed E-state index contributed by atoms with van der Waals surface area (Å²) in [7, 11) is 0. The summed E-state index contributed by atoms with van der Waals surface area (Å²) in [6.07, 6.45) is 4.52. The van der Waals surface area contributed by atoms with Crippen LogP contribution in [0.15, 0.2) is 30.3 Å². The predicted molar refractivity (Wildman–Crippen MR) is 85.1 cm³/mol. The second kappa shape index (κ2) is 6.61. The Hall–Kier alpha value is -1.35. The Kier molecular flexibility index (Phi) is 4.59. The van der Waals surface area contributed by atoms with Gasteiger partial charge in [0.2, 0.25) is 5.91 Å². The Labute approximate surface area is 127 Å². The lowest BCUT2D eigenvalue weighted by Gasteiger charge is -2.43. The SMILES string of the molecule is CCN1CC[C@H]1C(=O)N1CCC(Cc2ccccc2)CC1. The van der Waals surface area contributed by atoms with Crippen LogP contribution < -0.4 is 0 Å². The van der Waals surface area contributed by atoms with Crippen LogP contribution in [0.2, 0.25) is 0 Å². The number of likely N-dealkylation sites (tertiary alicyclic amines) is 2. The summed E-state index contributed by atoms with van der Waals surface area (Å²) in [4.78, 5) is 16.9. The van der Waals surface area contributed by atoms with Crippen LogP contribution in [0.3, 0.4) is 0 Å². The second-order valence-corrected chi connectivity index (χ2v) is 6.39. The van der Waals surface area contributed by atoms with Crippen LogP contribution in [0, 0.1) is 5.92 Å². The van der Waals surface area contributed by atoms with Gasteiger partial charge in [-0.15, -0.1) is 0 Å². The molecule has 0 saturated carbocycles. The molecule has 1 atom stereocenters. The number of rotatable bonds is 4. The highest BCUT2D eigenvalue weighted by Crippen LogP contribution is 2.25. The van der Waals surface area contributed by atoms with E-state index in [1.807, 2.05) is 0 Å². The van der Waals surface area contributed by atoms with Crippen molar-refractivity contribution in [3.05, 3.63) is 35.9 Å². The van der Waals surface area contributed by atoms with Crippen LogP contribution in [-0.4, -0.2) is 47.9 Å². The molecule has 1 aromatic carbocycles. The van der Waals surface area contributed by atoms with Gasteiger partial charge in [0.05, 0.1) is 6.04 Å². The van der Waals surface area contributed by atoms with Gasteiger partial charge in [0.25, 0.3) is 0 Å². The third-order valence-corrected chi connectivity index (χ3v) is 5.12. The number of piperidine rings is 1. The van der Waals surface area contributed by atoms with Crippen molar-refractivity contribution >= 4 is 5.91 Å². The number of likely N-dealkylation sites (N-methyl/N-ethyl adjacent to an activating group) is 1. The fraction of sp³-hybridized carbons (Fsp3) is 0.611. The maximum absolute atomic E-state index is 12.5. The lowest BCUT2D eigenvalue weighted by molar-refractivity contribution is -0.142. The maximum atomic E-state index is 12.5. The first kappa shape index (κ1) is 14.6. The first-order valence-corrected chi connectivity index (χ1v) is 8.34. The highest BCUT2D eigenvalue weighted by Gasteiger charge is 2.36. The van der Waals surface area contributed by atoms with E-state index in [-0.39, 0.29) is 6.04 Å². The average molecular weight is 286 g/mol. The van der Waals surface area contributed by atoms with Gasteiger partial charge in [-0.1, -0.05) is 37.3 Å². The van der Waals surface area contributed by atoms with E-state index in [0.717, 1.165) is 57.8 Å². The Morgan fingerprint density at radius 3 is 2.38 bits per heavy atom. The van der Waals surface area contributed by atoms with E-state index in [1.54, 1.807) is 0 Å². The molecule has 0 N–H and O–H groups in total. The molecule has 1 amide bonds. The summed E-state index contributed by atoms with van der Waals surface area (Å²) in [5, 5.41) is 0. The molecule has 0 aromatic heterocycles. The summed E-state index contributed by atoms with van der Waals surface area (Å²) in [6.45, 7) is 6.14. The van der Waals surface area contributed by atoms with Gasteiger partial charge in [0.1, 0.15) is 0 Å². The van der Waals surface area contributed by atoms with Crippen LogP contribution >= 0.6 is 0 Å². The molecule has 3 heteroatoms. The molecule has 2 heterocycles. The highest BCUT2D eigenvalue weighted by molar-refractivity contribution is 5.82. The van der Waals surface area contributed by atoms with Gasteiger partial charge < -0.3 is 4.90 Å². The third-order valence-electron chi connectivity index (χ3n) is 5.12. The van der Waals surface area contributed by atoms with Gasteiger partial charge in [0, 0.05) is 19.6 Å². The maximum Gasteiger partial charge on any atom is 0.239 e. The smallest absolute Gasteiger partial charge is 0.239 e. The number of carbonyl (C=O) groups excluding carboxylic acids is 1. The predicted octanol–water partition coefficient (Wildman–Crippen LogP) is 2.56. The monoisotopic (exact) mass is 286 g/mol. The van der Waals surface area contributed by atoms with Crippen molar-refractivity contribution in [3.63, 3.8) is 0 Å². The minimum absolute atomic E-state index is 0.181. The van der Waals surface area contributed by atoms with Crippen molar-refractivity contribution in [2.24, 2.45) is 5.92 Å². The van der Waals surface area contributed by atoms with Crippen molar-refractivity contribution in [2.45, 2.75) is 38.6 Å². The van der Waals surface area contributed by atoms with E-state index in [9.17, 15) is 4.79 Å². The molecule has 114 valence electrons. The van der Waals surface area contributed by atoms with E-state index in [1.165, 1.54) is 5.56 Å². The zero-order chi connectivity index (χ0) is 14.7. The van der Waals surface area contributed by atoms with E-state index in [0.29, 0.717) is 5.91 Å². The Morgan fingerprint density at radius 1 is 1.10 bits per heavy atom. The minimum atomic E-state index is 0.181. The molecule has 0 spiro atoms. The number of nitrogens with zero attached hydrogens (tertiary/aromatic N) is 2. The van der Waals surface area contributed by atoms with Crippen molar-refractivity contribution in [2.75, 3.05) is 26.2 Å². The molecule has 2 aliphatic rings. The van der Waals surface area contributed by atoms with E-state index in [2.05, 4.69) is 47.1 Å². The Morgan fingerprint density at radius 2 is 1.81 bits per heavy atom. The number of benzene rings is 1. The van der Waals surface area contributed by atoms with Crippen LogP contribution in [0.25, 0.3) is 0 Å². The largest absolute Gasteiger partial charge is 0.341 e. The Bertz CT molecular complexity index is 463. The summed E-state index contributed by atoms with van der Waals surface area (Å²) >= 11 is 0. The zero-order valence-corrected chi connectivity index (χ0v) is 13.0. The van der Waals surface area contributed by atoms with Crippen LogP contribution in [0.1, 0.15) is 31.7 Å². The Balaban J connectivity index is 1.48. The van der Waals surface area contributed by atoms with Gasteiger partial charge in [-0.05, 0) is 43.7 Å². The molecular weight excluding hydrogens is 260 g/mol. The number of hydrogen-bond acceptors (Lipinski definition) is 2. The van der Waals surface area contributed by atoms with Gasteiger partial charge in [-0.3, -0.25) is 9.69 Å². The van der Waals surface area contributed by atoms with Crippen LogP contribution in [0.5, 0.6) is 0 Å². The van der Waals surface area contributed by atoms with E-state index >= 15 is 0 Å². The van der Waals surface area contributed by atoms with Crippen LogP contribution in [0.4, 0.5) is 0 Å². The third kappa shape index (κ3) is 3.29. The lowest BCUT2D eigenvalue weighted by atomic mass is 9.89. The molecule has 21 heavy (non-hydrogen) atoms. The van der Waals surface area contributed by atoms with Crippen molar-refractivity contribution in [1.82, 2.24) is 9.80 Å². The lowest BCUT2D eigenvalue weighted by Crippen LogP contribution is -2.57. The summed E-state index contributed by atoms with van der Waals surface area (Å²) in [5.74, 6) is 1.11. The fourth-order valence-corrected chi connectivity index (χ4v) is 3.61. The molecule has 0 bridgehead atoms. The number of carbonyl (C=O) groups is 1. The highest BCUT2D eigenvalue weighted by atomic mass is 16.2. The quantitative estimate of drug-likeness (QED) is 0.849. The second-order valence-electron chi connectivity index (χ2n) is 6.39. The minimum Gasteiger partial charge on any atom is -0.341 e. The molecule has 2 aliphatic heterocycles. The van der Waals surface area contributed by atoms with Gasteiger partial charge in [0.15, 0.2) is 0 Å². The zero-order valence-electron chi connectivity index (χ0n) is 13.0. The van der Waals surface area contributed by atoms with Crippen molar-refractivity contribution in [3.8, 4) is 0 Å². The summed E-state index contributed by atoms with van der Waals surface area (Å²) < 4.78 is 0. The van der Waals surface area contributed by atoms with Crippen LogP contribution in [-0.2, 0) is 11.2 Å². The molecule has 0 aliphatic carbocycles. The van der Waals surface area contributed by atoms with Gasteiger partial charge in [-0.2, -0.15) is 0 Å². The van der Waals surface area contributed by atoms with E-state index in [4.69, 9.17) is 0 Å². The standard InChI is InChI=1S/C18H26N2O/c1-2-19-13-10-17(19)18(21)20-11-8-16(9-12-20)14-15-6-4-3-5-7-15/h3-7,16-17H,2,8-14H2,1H3/t17-/m0/s1. The number of hydrogen-bond donors (Lipinski definition) is 0. The van der Waals surface area contributed by atoms with Gasteiger partial charge >= 0.3 is 0 Å². The molecular formula is C18H26N2O. The molecule has 3 rings (SSSR count). The number of amides is 1. The van der Waals surface area contributed by atoms with Crippen molar-refractivity contribution in [1.29, 1.82) is 0 Å². The molecule has 0 unspecified atom stereocenters. The topological polar surface area (TPSA) is 23.6 Å². The normalized spacial score (nSPS) is 23.9. The molecule has 2 saturated heterocycles. The summed E-state index contributed by atoms with van der Waals surface area (Å²) in [5.41, 5.74) is 1.43.